The molecule has 1 aromatic carbocycles. The molecule has 0 bridgehead atoms. The molecule has 0 saturated heterocycles. The third-order valence-corrected chi connectivity index (χ3v) is 3.04. The monoisotopic (exact) mass is 286 g/mol. The largest absolute Gasteiger partial charge is 0.397 e. The Morgan fingerprint density at radius 2 is 2.05 bits per heavy atom. The summed E-state index contributed by atoms with van der Waals surface area (Å²) in [5.41, 5.74) is 7.65. The molecule has 0 unspecified atom stereocenters. The van der Waals surface area contributed by atoms with Crippen LogP contribution in [0, 0.1) is 24.0 Å². The molecule has 0 spiro atoms. The number of anilines is 2. The van der Waals surface area contributed by atoms with Crippen molar-refractivity contribution in [1.82, 2.24) is 4.98 Å². The number of nitro groups is 1. The summed E-state index contributed by atoms with van der Waals surface area (Å²) in [6.45, 7) is 3.30. The smallest absolute Gasteiger partial charge is 0.276 e. The van der Waals surface area contributed by atoms with Crippen molar-refractivity contribution in [1.29, 1.82) is 0 Å². The molecule has 108 valence electrons. The maximum atomic E-state index is 12.1. The molecule has 21 heavy (non-hydrogen) atoms. The molecule has 3 N–H and O–H groups in total. The predicted molar refractivity (Wildman–Crippen MR) is 79.2 cm³/mol. The van der Waals surface area contributed by atoms with Crippen LogP contribution in [0.15, 0.2) is 30.5 Å². The van der Waals surface area contributed by atoms with Gasteiger partial charge in [0.1, 0.15) is 0 Å². The molecule has 2 rings (SSSR count). The Morgan fingerprint density at radius 1 is 1.33 bits per heavy atom. The quantitative estimate of drug-likeness (QED) is 0.665. The van der Waals surface area contributed by atoms with Crippen molar-refractivity contribution >= 4 is 23.0 Å². The average Bonchev–Trinajstić information content (AvgIpc) is 2.42. The van der Waals surface area contributed by atoms with E-state index in [4.69, 9.17) is 5.73 Å². The molecule has 0 fully saturated rings. The summed E-state index contributed by atoms with van der Waals surface area (Å²) in [6.07, 6.45) is 1.47. The van der Waals surface area contributed by atoms with Crippen LogP contribution in [0.4, 0.5) is 17.1 Å². The van der Waals surface area contributed by atoms with E-state index in [9.17, 15) is 14.9 Å². The van der Waals surface area contributed by atoms with Crippen LogP contribution in [-0.4, -0.2) is 15.8 Å². The van der Waals surface area contributed by atoms with E-state index < -0.39 is 10.8 Å². The van der Waals surface area contributed by atoms with E-state index in [-0.39, 0.29) is 17.1 Å². The number of pyridine rings is 1. The summed E-state index contributed by atoms with van der Waals surface area (Å²) in [5.74, 6) is -0.454. The lowest BCUT2D eigenvalue weighted by Crippen LogP contribution is -2.16. The second-order valence-corrected chi connectivity index (χ2v) is 4.61. The summed E-state index contributed by atoms with van der Waals surface area (Å²) in [7, 11) is 0. The molecule has 1 heterocycles. The van der Waals surface area contributed by atoms with E-state index >= 15 is 0 Å². The topological polar surface area (TPSA) is 111 Å². The number of benzene rings is 1. The van der Waals surface area contributed by atoms with Crippen LogP contribution >= 0.6 is 0 Å². The highest BCUT2D eigenvalue weighted by Crippen LogP contribution is 2.26. The van der Waals surface area contributed by atoms with Crippen LogP contribution in [0.5, 0.6) is 0 Å². The number of aromatic nitrogens is 1. The molecule has 0 aliphatic heterocycles. The van der Waals surface area contributed by atoms with Gasteiger partial charge in [-0.15, -0.1) is 0 Å². The first-order chi connectivity index (χ1) is 9.90. The number of amides is 1. The van der Waals surface area contributed by atoms with Crippen molar-refractivity contribution < 1.29 is 9.72 Å². The van der Waals surface area contributed by atoms with Crippen LogP contribution in [0.3, 0.4) is 0 Å². The van der Waals surface area contributed by atoms with Gasteiger partial charge in [-0.3, -0.25) is 14.9 Å². The number of nitro benzene ring substituents is 1. The lowest BCUT2D eigenvalue weighted by atomic mass is 10.1. The Labute approximate surface area is 121 Å². The first-order valence-electron chi connectivity index (χ1n) is 6.17. The molecular formula is C14H14N4O3. The minimum Gasteiger partial charge on any atom is -0.397 e. The average molecular weight is 286 g/mol. The number of hydrogen-bond donors (Lipinski definition) is 2. The van der Waals surface area contributed by atoms with E-state index in [0.29, 0.717) is 16.8 Å². The summed E-state index contributed by atoms with van der Waals surface area (Å²) in [6, 6.07) is 6.19. The highest BCUT2D eigenvalue weighted by Gasteiger charge is 2.16. The first kappa shape index (κ1) is 14.4. The fourth-order valence-electron chi connectivity index (χ4n) is 1.92. The van der Waals surface area contributed by atoms with Crippen molar-refractivity contribution in [2.24, 2.45) is 0 Å². The molecule has 2 aromatic rings. The van der Waals surface area contributed by atoms with Gasteiger partial charge in [-0.25, -0.2) is 4.98 Å². The summed E-state index contributed by atoms with van der Waals surface area (Å²) in [5, 5.41) is 13.5. The Bertz CT molecular complexity index is 728. The van der Waals surface area contributed by atoms with Crippen molar-refractivity contribution in [3.63, 3.8) is 0 Å². The van der Waals surface area contributed by atoms with Gasteiger partial charge in [-0.05, 0) is 37.6 Å². The predicted octanol–water partition coefficient (Wildman–Crippen LogP) is 2.44. The van der Waals surface area contributed by atoms with Gasteiger partial charge in [0.25, 0.3) is 11.6 Å². The van der Waals surface area contributed by atoms with Crippen LogP contribution < -0.4 is 11.1 Å². The van der Waals surface area contributed by atoms with Crippen LogP contribution in [-0.2, 0) is 0 Å². The Hall–Kier alpha value is -2.96. The Morgan fingerprint density at radius 3 is 2.67 bits per heavy atom. The van der Waals surface area contributed by atoms with Crippen LogP contribution in [0.2, 0.25) is 0 Å². The summed E-state index contributed by atoms with van der Waals surface area (Å²) in [4.78, 5) is 26.5. The van der Waals surface area contributed by atoms with Crippen LogP contribution in [0.1, 0.15) is 21.6 Å². The normalized spacial score (nSPS) is 10.2. The van der Waals surface area contributed by atoms with Crippen molar-refractivity contribution in [3.8, 4) is 0 Å². The number of hydrogen-bond acceptors (Lipinski definition) is 5. The van der Waals surface area contributed by atoms with Crippen molar-refractivity contribution in [2.75, 3.05) is 11.1 Å². The van der Waals surface area contributed by atoms with Gasteiger partial charge >= 0.3 is 0 Å². The van der Waals surface area contributed by atoms with E-state index in [0.717, 1.165) is 0 Å². The van der Waals surface area contributed by atoms with Crippen molar-refractivity contribution in [3.05, 3.63) is 57.4 Å². The molecule has 7 nitrogen and oxygen atoms in total. The number of nitrogens with one attached hydrogen (secondary N) is 1. The summed E-state index contributed by atoms with van der Waals surface area (Å²) < 4.78 is 0. The summed E-state index contributed by atoms with van der Waals surface area (Å²) >= 11 is 0. The van der Waals surface area contributed by atoms with Gasteiger partial charge in [0, 0.05) is 23.5 Å². The molecule has 1 aromatic heterocycles. The highest BCUT2D eigenvalue weighted by atomic mass is 16.6. The molecular weight excluding hydrogens is 272 g/mol. The minimum absolute atomic E-state index is 0.0165. The number of carbonyl (C=O) groups is 1. The molecule has 0 saturated carbocycles. The van der Waals surface area contributed by atoms with Gasteiger partial charge in [0.05, 0.1) is 10.6 Å². The van der Waals surface area contributed by atoms with E-state index in [1.54, 1.807) is 32.0 Å². The SMILES string of the molecule is Cc1cc([N+](=O)[O-])c(C)cc1NC(=O)c1ncccc1N. The number of rotatable bonds is 3. The van der Waals surface area contributed by atoms with Crippen LogP contribution in [0.25, 0.3) is 0 Å². The molecule has 0 radical (unpaired) electrons. The zero-order chi connectivity index (χ0) is 15.6. The van der Waals surface area contributed by atoms with Gasteiger partial charge in [-0.2, -0.15) is 0 Å². The molecule has 1 amide bonds. The molecule has 0 aliphatic carbocycles. The third kappa shape index (κ3) is 2.97. The second kappa shape index (κ2) is 5.58. The Kier molecular flexibility index (Phi) is 3.84. The van der Waals surface area contributed by atoms with E-state index in [2.05, 4.69) is 10.3 Å². The lowest BCUT2D eigenvalue weighted by molar-refractivity contribution is -0.385. The first-order valence-corrected chi connectivity index (χ1v) is 6.17. The Balaban J connectivity index is 2.32. The maximum Gasteiger partial charge on any atom is 0.276 e. The molecule has 0 atom stereocenters. The second-order valence-electron chi connectivity index (χ2n) is 4.61. The van der Waals surface area contributed by atoms with E-state index in [1.165, 1.54) is 12.3 Å². The number of carbonyl (C=O) groups excluding carboxylic acids is 1. The standard InChI is InChI=1S/C14H14N4O3/c1-8-7-12(18(20)21)9(2)6-11(8)17-14(19)13-10(15)4-3-5-16-13/h3-7H,15H2,1-2H3,(H,17,19). The van der Waals surface area contributed by atoms with E-state index in [1.807, 2.05) is 0 Å². The third-order valence-electron chi connectivity index (χ3n) is 3.04. The number of nitrogens with two attached hydrogens (primary N) is 1. The van der Waals surface area contributed by atoms with Gasteiger partial charge in [-0.1, -0.05) is 0 Å². The number of aryl methyl sites for hydroxylation is 2. The fourth-order valence-corrected chi connectivity index (χ4v) is 1.92. The van der Waals surface area contributed by atoms with Gasteiger partial charge in [0.2, 0.25) is 0 Å². The van der Waals surface area contributed by atoms with Crippen molar-refractivity contribution in [2.45, 2.75) is 13.8 Å². The molecule has 7 heteroatoms. The fraction of sp³-hybridized carbons (Fsp3) is 0.143. The van der Waals surface area contributed by atoms with Gasteiger partial charge in [0.15, 0.2) is 5.69 Å². The lowest BCUT2D eigenvalue weighted by Gasteiger charge is -2.10. The van der Waals surface area contributed by atoms with Gasteiger partial charge < -0.3 is 11.1 Å². The number of nitrogens with zero attached hydrogens (tertiary/aromatic N) is 2. The molecule has 0 aliphatic rings. The minimum atomic E-state index is -0.454. The zero-order valence-corrected chi connectivity index (χ0v) is 11.6. The number of nitrogen functional groups attached to an aromatic ring is 1. The zero-order valence-electron chi connectivity index (χ0n) is 11.6. The highest BCUT2D eigenvalue weighted by molar-refractivity contribution is 6.06. The maximum absolute atomic E-state index is 12.1.